The molecule has 4 nitrogen and oxygen atoms in total. The van der Waals surface area contributed by atoms with Crippen LogP contribution in [0.3, 0.4) is 0 Å². The molecule has 2 N–H and O–H groups in total. The number of benzene rings is 2. The molecule has 2 heterocycles. The van der Waals surface area contributed by atoms with Crippen molar-refractivity contribution >= 4 is 11.7 Å². The van der Waals surface area contributed by atoms with Gasteiger partial charge in [-0.15, -0.1) is 0 Å². The standard InChI is InChI=1S/C23H29N3O/c1-17-8-5-6-13-22(17)25-23(27)24-19-14-20-11-7-12-21(15-19)26(20)16-18-9-3-2-4-10-18/h2-6,8-10,13,19-21H,7,11-12,14-16H2,1H3,(H2,24,25,27)/t20-,21-/m1/s1. The third kappa shape index (κ3) is 4.33. The molecule has 2 aliphatic rings. The molecule has 0 radical (unpaired) electrons. The molecule has 142 valence electrons. The van der Waals surface area contributed by atoms with E-state index >= 15 is 0 Å². The number of carbonyl (C=O) groups excluding carboxylic acids is 1. The average Bonchev–Trinajstić information content (AvgIpc) is 2.65. The zero-order valence-corrected chi connectivity index (χ0v) is 16.0. The van der Waals surface area contributed by atoms with Gasteiger partial charge in [-0.1, -0.05) is 55.0 Å². The zero-order chi connectivity index (χ0) is 18.6. The summed E-state index contributed by atoms with van der Waals surface area (Å²) in [6.45, 7) is 3.04. The maximum absolute atomic E-state index is 12.5. The van der Waals surface area contributed by atoms with Crippen LogP contribution < -0.4 is 10.6 Å². The van der Waals surface area contributed by atoms with Crippen molar-refractivity contribution in [2.45, 2.75) is 63.7 Å². The minimum atomic E-state index is -0.0797. The van der Waals surface area contributed by atoms with E-state index in [4.69, 9.17) is 0 Å². The van der Waals surface area contributed by atoms with Gasteiger partial charge in [0.05, 0.1) is 0 Å². The van der Waals surface area contributed by atoms with Crippen molar-refractivity contribution in [3.8, 4) is 0 Å². The fraction of sp³-hybridized carbons (Fsp3) is 0.435. The number of carbonyl (C=O) groups is 1. The van der Waals surface area contributed by atoms with Crippen LogP contribution in [0.2, 0.25) is 0 Å². The molecule has 2 bridgehead atoms. The maximum Gasteiger partial charge on any atom is 0.319 e. The molecule has 4 rings (SSSR count). The summed E-state index contributed by atoms with van der Waals surface area (Å²) in [5.41, 5.74) is 3.36. The normalized spacial score (nSPS) is 25.0. The molecule has 0 aliphatic carbocycles. The lowest BCUT2D eigenvalue weighted by atomic mass is 9.81. The van der Waals surface area contributed by atoms with Crippen LogP contribution in [0.5, 0.6) is 0 Å². The minimum absolute atomic E-state index is 0.0797. The van der Waals surface area contributed by atoms with Gasteiger partial charge in [0.2, 0.25) is 0 Å². The molecule has 2 aromatic carbocycles. The third-order valence-corrected chi connectivity index (χ3v) is 6.06. The van der Waals surface area contributed by atoms with Crippen LogP contribution in [0.25, 0.3) is 0 Å². The van der Waals surface area contributed by atoms with Crippen molar-refractivity contribution in [1.29, 1.82) is 0 Å². The molecule has 2 atom stereocenters. The van der Waals surface area contributed by atoms with Crippen molar-refractivity contribution in [3.63, 3.8) is 0 Å². The number of fused-ring (bicyclic) bond motifs is 2. The molecule has 4 heteroatoms. The van der Waals surface area contributed by atoms with Crippen LogP contribution in [0, 0.1) is 6.92 Å². The Morgan fingerprint density at radius 1 is 1.00 bits per heavy atom. The molecule has 27 heavy (non-hydrogen) atoms. The summed E-state index contributed by atoms with van der Waals surface area (Å²) >= 11 is 0. The molecule has 0 saturated carbocycles. The molecule has 2 aliphatic heterocycles. The van der Waals surface area contributed by atoms with E-state index < -0.39 is 0 Å². The number of rotatable bonds is 4. The average molecular weight is 364 g/mol. The van der Waals surface area contributed by atoms with Gasteiger partial charge < -0.3 is 10.6 Å². The lowest BCUT2D eigenvalue weighted by Crippen LogP contribution is -2.56. The Bertz CT molecular complexity index is 762. The summed E-state index contributed by atoms with van der Waals surface area (Å²) < 4.78 is 0. The van der Waals surface area contributed by atoms with Crippen LogP contribution in [0.15, 0.2) is 54.6 Å². The Balaban J connectivity index is 1.37. The number of nitrogens with zero attached hydrogens (tertiary/aromatic N) is 1. The van der Waals surface area contributed by atoms with Gasteiger partial charge in [-0.05, 0) is 49.8 Å². The molecular formula is C23H29N3O. The number of piperidine rings is 2. The van der Waals surface area contributed by atoms with Crippen molar-refractivity contribution in [1.82, 2.24) is 10.2 Å². The van der Waals surface area contributed by atoms with Crippen LogP contribution in [-0.2, 0) is 6.54 Å². The highest BCUT2D eigenvalue weighted by atomic mass is 16.2. The number of urea groups is 1. The van der Waals surface area contributed by atoms with Crippen molar-refractivity contribution < 1.29 is 4.79 Å². The second-order valence-corrected chi connectivity index (χ2v) is 7.98. The van der Waals surface area contributed by atoms with E-state index in [2.05, 4.69) is 45.9 Å². The van der Waals surface area contributed by atoms with Crippen molar-refractivity contribution in [3.05, 3.63) is 65.7 Å². The number of hydrogen-bond donors (Lipinski definition) is 2. The van der Waals surface area contributed by atoms with E-state index in [1.807, 2.05) is 31.2 Å². The third-order valence-electron chi connectivity index (χ3n) is 6.06. The van der Waals surface area contributed by atoms with Crippen molar-refractivity contribution in [2.75, 3.05) is 5.32 Å². The van der Waals surface area contributed by atoms with E-state index in [1.165, 1.54) is 24.8 Å². The number of amides is 2. The number of nitrogens with one attached hydrogen (secondary N) is 2. The van der Waals surface area contributed by atoms with E-state index in [9.17, 15) is 4.79 Å². The predicted octanol–water partition coefficient (Wildman–Crippen LogP) is 4.70. The maximum atomic E-state index is 12.5. The molecule has 0 spiro atoms. The summed E-state index contributed by atoms with van der Waals surface area (Å²) in [6, 6.07) is 20.0. The number of hydrogen-bond acceptors (Lipinski definition) is 2. The van der Waals surface area contributed by atoms with Crippen LogP contribution in [-0.4, -0.2) is 29.1 Å². The Morgan fingerprint density at radius 2 is 1.67 bits per heavy atom. The molecule has 2 fully saturated rings. The first-order chi connectivity index (χ1) is 13.2. The first-order valence-electron chi connectivity index (χ1n) is 10.1. The highest BCUT2D eigenvalue weighted by molar-refractivity contribution is 5.90. The fourth-order valence-electron chi connectivity index (χ4n) is 4.71. The van der Waals surface area contributed by atoms with E-state index in [1.54, 1.807) is 0 Å². The zero-order valence-electron chi connectivity index (χ0n) is 16.0. The van der Waals surface area contributed by atoms with Crippen LogP contribution in [0.4, 0.5) is 10.5 Å². The summed E-state index contributed by atoms with van der Waals surface area (Å²) in [7, 11) is 0. The molecular weight excluding hydrogens is 334 g/mol. The number of anilines is 1. The van der Waals surface area contributed by atoms with E-state index in [-0.39, 0.29) is 12.1 Å². The Morgan fingerprint density at radius 3 is 2.37 bits per heavy atom. The Kier molecular flexibility index (Phi) is 5.44. The summed E-state index contributed by atoms with van der Waals surface area (Å²) in [4.78, 5) is 15.2. The van der Waals surface area contributed by atoms with Gasteiger partial charge >= 0.3 is 6.03 Å². The van der Waals surface area contributed by atoms with E-state index in [0.29, 0.717) is 12.1 Å². The molecule has 2 saturated heterocycles. The lowest BCUT2D eigenvalue weighted by Gasteiger charge is -2.49. The van der Waals surface area contributed by atoms with Gasteiger partial charge in [0.15, 0.2) is 0 Å². The Labute approximate surface area is 162 Å². The monoisotopic (exact) mass is 363 g/mol. The second-order valence-electron chi connectivity index (χ2n) is 7.98. The molecule has 0 unspecified atom stereocenters. The number of aryl methyl sites for hydroxylation is 1. The minimum Gasteiger partial charge on any atom is -0.335 e. The quantitative estimate of drug-likeness (QED) is 0.827. The van der Waals surface area contributed by atoms with Gasteiger partial charge in [0.25, 0.3) is 0 Å². The fourth-order valence-corrected chi connectivity index (χ4v) is 4.71. The largest absolute Gasteiger partial charge is 0.335 e. The number of para-hydroxylation sites is 1. The summed E-state index contributed by atoms with van der Waals surface area (Å²) in [5.74, 6) is 0. The summed E-state index contributed by atoms with van der Waals surface area (Å²) in [5, 5.41) is 6.24. The topological polar surface area (TPSA) is 44.4 Å². The SMILES string of the molecule is Cc1ccccc1NC(=O)NC1C[C@H]2CCC[C@H](C1)N2Cc1ccccc1. The van der Waals surface area contributed by atoms with Crippen molar-refractivity contribution in [2.24, 2.45) is 0 Å². The summed E-state index contributed by atoms with van der Waals surface area (Å²) in [6.07, 6.45) is 5.87. The van der Waals surface area contributed by atoms with Gasteiger partial charge in [-0.2, -0.15) is 0 Å². The van der Waals surface area contributed by atoms with Crippen LogP contribution >= 0.6 is 0 Å². The first-order valence-corrected chi connectivity index (χ1v) is 10.1. The molecule has 2 amide bonds. The smallest absolute Gasteiger partial charge is 0.319 e. The van der Waals surface area contributed by atoms with Crippen LogP contribution in [0.1, 0.15) is 43.2 Å². The molecule has 0 aromatic heterocycles. The van der Waals surface area contributed by atoms with Gasteiger partial charge in [0.1, 0.15) is 0 Å². The highest BCUT2D eigenvalue weighted by Gasteiger charge is 2.38. The van der Waals surface area contributed by atoms with Gasteiger partial charge in [-0.25, -0.2) is 4.79 Å². The van der Waals surface area contributed by atoms with Gasteiger partial charge in [-0.3, -0.25) is 4.90 Å². The van der Waals surface area contributed by atoms with E-state index in [0.717, 1.165) is 30.6 Å². The predicted molar refractivity (Wildman–Crippen MR) is 110 cm³/mol. The Hall–Kier alpha value is -2.33. The van der Waals surface area contributed by atoms with Gasteiger partial charge in [0, 0.05) is 30.4 Å². The highest BCUT2D eigenvalue weighted by Crippen LogP contribution is 2.35. The second kappa shape index (κ2) is 8.13. The first kappa shape index (κ1) is 18.1. The molecule has 2 aromatic rings. The lowest BCUT2D eigenvalue weighted by molar-refractivity contribution is 0.0200.